The molecule has 2 aromatic rings. The van der Waals surface area contributed by atoms with Crippen LogP contribution in [0.1, 0.15) is 17.7 Å². The van der Waals surface area contributed by atoms with Gasteiger partial charge in [0.2, 0.25) is 5.91 Å². The monoisotopic (exact) mass is 364 g/mol. The standard InChI is InChI=1S/C18H21FN2O3S/c1-13(22)20-12-18(14-4-8-16(9-5-14)21(2)3)25(23,24)17-10-6-15(19)7-11-17/h4-11,18H,12H2,1-3H3,(H,20,22)/t18-/m1/s1. The summed E-state index contributed by atoms with van der Waals surface area (Å²) in [6, 6.07) is 11.8. The summed E-state index contributed by atoms with van der Waals surface area (Å²) in [5, 5.41) is 1.61. The SMILES string of the molecule is CC(=O)NC[C@H](c1ccc(N(C)C)cc1)S(=O)(=O)c1ccc(F)cc1. The molecule has 0 spiro atoms. The van der Waals surface area contributed by atoms with Crippen LogP contribution >= 0.6 is 0 Å². The zero-order valence-corrected chi connectivity index (χ0v) is 15.2. The summed E-state index contributed by atoms with van der Waals surface area (Å²) in [4.78, 5) is 13.2. The number of benzene rings is 2. The average molecular weight is 364 g/mol. The van der Waals surface area contributed by atoms with E-state index in [4.69, 9.17) is 0 Å². The van der Waals surface area contributed by atoms with Gasteiger partial charge < -0.3 is 10.2 Å². The third kappa shape index (κ3) is 4.57. The molecule has 2 rings (SSSR count). The third-order valence-corrected chi connectivity index (χ3v) is 5.95. The molecule has 0 aliphatic heterocycles. The van der Waals surface area contributed by atoms with Gasteiger partial charge in [0.25, 0.3) is 0 Å². The van der Waals surface area contributed by atoms with Crippen molar-refractivity contribution in [3.8, 4) is 0 Å². The van der Waals surface area contributed by atoms with Gasteiger partial charge in [0, 0.05) is 33.3 Å². The van der Waals surface area contributed by atoms with Crippen LogP contribution in [0.3, 0.4) is 0 Å². The van der Waals surface area contributed by atoms with E-state index in [-0.39, 0.29) is 17.3 Å². The van der Waals surface area contributed by atoms with Crippen LogP contribution in [0.4, 0.5) is 10.1 Å². The van der Waals surface area contributed by atoms with Crippen molar-refractivity contribution in [1.82, 2.24) is 5.32 Å². The van der Waals surface area contributed by atoms with E-state index in [1.165, 1.54) is 19.1 Å². The normalized spacial score (nSPS) is 12.5. The highest BCUT2D eigenvalue weighted by molar-refractivity contribution is 7.91. The summed E-state index contributed by atoms with van der Waals surface area (Å²) in [5.41, 5.74) is 1.49. The highest BCUT2D eigenvalue weighted by atomic mass is 32.2. The predicted molar refractivity (Wildman–Crippen MR) is 95.8 cm³/mol. The van der Waals surface area contributed by atoms with Crippen molar-refractivity contribution in [2.24, 2.45) is 0 Å². The average Bonchev–Trinajstić information content (AvgIpc) is 2.55. The van der Waals surface area contributed by atoms with Crippen LogP contribution in [0, 0.1) is 5.82 Å². The van der Waals surface area contributed by atoms with Gasteiger partial charge in [0.05, 0.1) is 4.90 Å². The van der Waals surface area contributed by atoms with Crippen LogP contribution in [-0.4, -0.2) is 35.0 Å². The lowest BCUT2D eigenvalue weighted by molar-refractivity contribution is -0.118. The number of amides is 1. The Labute approximate surface area is 147 Å². The molecule has 2 aromatic carbocycles. The van der Waals surface area contributed by atoms with Gasteiger partial charge in [-0.2, -0.15) is 0 Å². The predicted octanol–water partition coefficient (Wildman–Crippen LogP) is 2.54. The minimum Gasteiger partial charge on any atom is -0.378 e. The molecule has 0 aliphatic carbocycles. The molecule has 1 N–H and O–H groups in total. The molecule has 1 atom stereocenters. The van der Waals surface area contributed by atoms with Crippen molar-refractivity contribution in [2.75, 3.05) is 25.5 Å². The third-order valence-electron chi connectivity index (χ3n) is 3.83. The van der Waals surface area contributed by atoms with Gasteiger partial charge in [-0.1, -0.05) is 12.1 Å². The fourth-order valence-electron chi connectivity index (χ4n) is 2.42. The van der Waals surface area contributed by atoms with Crippen molar-refractivity contribution in [3.05, 3.63) is 59.9 Å². The van der Waals surface area contributed by atoms with E-state index in [0.29, 0.717) is 5.56 Å². The Bertz CT molecular complexity index is 832. The fraction of sp³-hybridized carbons (Fsp3) is 0.278. The lowest BCUT2D eigenvalue weighted by Crippen LogP contribution is -2.30. The van der Waals surface area contributed by atoms with Crippen LogP contribution < -0.4 is 10.2 Å². The zero-order valence-electron chi connectivity index (χ0n) is 14.4. The lowest BCUT2D eigenvalue weighted by atomic mass is 10.1. The molecule has 0 saturated carbocycles. The van der Waals surface area contributed by atoms with Crippen LogP contribution in [-0.2, 0) is 14.6 Å². The fourth-order valence-corrected chi connectivity index (χ4v) is 4.08. The molecule has 0 aromatic heterocycles. The maximum Gasteiger partial charge on any atom is 0.216 e. The lowest BCUT2D eigenvalue weighted by Gasteiger charge is -2.20. The van der Waals surface area contributed by atoms with Gasteiger partial charge in [0.15, 0.2) is 9.84 Å². The maximum atomic E-state index is 13.1. The summed E-state index contributed by atoms with van der Waals surface area (Å²) in [6.07, 6.45) is 0. The van der Waals surface area contributed by atoms with E-state index in [1.807, 2.05) is 31.1 Å². The molecular formula is C18H21FN2O3S. The Kier molecular flexibility index (Phi) is 5.79. The van der Waals surface area contributed by atoms with E-state index in [1.54, 1.807) is 12.1 Å². The van der Waals surface area contributed by atoms with Gasteiger partial charge >= 0.3 is 0 Å². The molecule has 0 bridgehead atoms. The Morgan fingerprint density at radius 1 is 1.08 bits per heavy atom. The second-order valence-electron chi connectivity index (χ2n) is 5.91. The number of sulfone groups is 1. The van der Waals surface area contributed by atoms with Crippen LogP contribution in [0.5, 0.6) is 0 Å². The first kappa shape index (κ1) is 18.9. The number of carbonyl (C=O) groups is 1. The highest BCUT2D eigenvalue weighted by Crippen LogP contribution is 2.29. The minimum absolute atomic E-state index is 0.0148. The number of nitrogens with zero attached hydrogens (tertiary/aromatic N) is 1. The molecule has 7 heteroatoms. The number of halogens is 1. The Hall–Kier alpha value is -2.41. The summed E-state index contributed by atoms with van der Waals surface area (Å²) < 4.78 is 39.1. The second kappa shape index (κ2) is 7.65. The molecule has 0 saturated heterocycles. The molecule has 134 valence electrons. The Balaban J connectivity index is 2.44. The van der Waals surface area contributed by atoms with E-state index in [0.717, 1.165) is 17.8 Å². The first-order chi connectivity index (χ1) is 11.7. The quantitative estimate of drug-likeness (QED) is 0.800. The Morgan fingerprint density at radius 2 is 1.64 bits per heavy atom. The van der Waals surface area contributed by atoms with Gasteiger partial charge in [0.1, 0.15) is 11.1 Å². The van der Waals surface area contributed by atoms with Crippen molar-refractivity contribution >= 4 is 21.4 Å². The van der Waals surface area contributed by atoms with E-state index in [9.17, 15) is 17.6 Å². The number of carbonyl (C=O) groups excluding carboxylic acids is 1. The number of rotatable bonds is 6. The van der Waals surface area contributed by atoms with Crippen LogP contribution in [0.15, 0.2) is 53.4 Å². The molecule has 0 fully saturated rings. The number of anilines is 1. The van der Waals surface area contributed by atoms with E-state index >= 15 is 0 Å². The molecule has 5 nitrogen and oxygen atoms in total. The molecule has 0 heterocycles. The molecule has 0 radical (unpaired) electrons. The largest absolute Gasteiger partial charge is 0.378 e. The molecule has 0 aliphatic rings. The van der Waals surface area contributed by atoms with Gasteiger partial charge in [-0.25, -0.2) is 12.8 Å². The summed E-state index contributed by atoms with van der Waals surface area (Å²) in [7, 11) is -0.0187. The topological polar surface area (TPSA) is 66.5 Å². The first-order valence-corrected chi connectivity index (χ1v) is 9.27. The van der Waals surface area contributed by atoms with Crippen LogP contribution in [0.2, 0.25) is 0 Å². The zero-order chi connectivity index (χ0) is 18.6. The number of hydrogen-bond donors (Lipinski definition) is 1. The van der Waals surface area contributed by atoms with Gasteiger partial charge in [-0.3, -0.25) is 4.79 Å². The van der Waals surface area contributed by atoms with Crippen molar-refractivity contribution in [3.63, 3.8) is 0 Å². The van der Waals surface area contributed by atoms with Gasteiger partial charge in [-0.05, 0) is 42.0 Å². The molecule has 1 amide bonds. The summed E-state index contributed by atoms with van der Waals surface area (Å²) >= 11 is 0. The molecule has 0 unspecified atom stereocenters. The molecule has 25 heavy (non-hydrogen) atoms. The maximum absolute atomic E-state index is 13.1. The molecular weight excluding hydrogens is 343 g/mol. The van der Waals surface area contributed by atoms with Crippen LogP contribution in [0.25, 0.3) is 0 Å². The minimum atomic E-state index is -3.79. The van der Waals surface area contributed by atoms with Crippen molar-refractivity contribution in [2.45, 2.75) is 17.1 Å². The van der Waals surface area contributed by atoms with Gasteiger partial charge in [-0.15, -0.1) is 0 Å². The van der Waals surface area contributed by atoms with E-state index < -0.39 is 20.9 Å². The number of nitrogens with one attached hydrogen (secondary N) is 1. The van der Waals surface area contributed by atoms with E-state index in [2.05, 4.69) is 5.32 Å². The first-order valence-electron chi connectivity index (χ1n) is 7.73. The highest BCUT2D eigenvalue weighted by Gasteiger charge is 2.29. The summed E-state index contributed by atoms with van der Waals surface area (Å²) in [6.45, 7) is 1.27. The van der Waals surface area contributed by atoms with Crippen molar-refractivity contribution in [1.29, 1.82) is 0 Å². The van der Waals surface area contributed by atoms with Crippen molar-refractivity contribution < 1.29 is 17.6 Å². The Morgan fingerprint density at radius 3 is 2.12 bits per heavy atom. The number of hydrogen-bond acceptors (Lipinski definition) is 4. The summed E-state index contributed by atoms with van der Waals surface area (Å²) in [5.74, 6) is -0.822. The second-order valence-corrected chi connectivity index (χ2v) is 8.04. The smallest absolute Gasteiger partial charge is 0.216 e.